The van der Waals surface area contributed by atoms with Crippen molar-refractivity contribution in [2.45, 2.75) is 17.3 Å². The van der Waals surface area contributed by atoms with Gasteiger partial charge in [0.2, 0.25) is 0 Å². The SMILES string of the molecule is O=C(O)COCc1nc(CSc2ccc(F)cc2)no1. The van der Waals surface area contributed by atoms with Gasteiger partial charge in [-0.15, -0.1) is 11.8 Å². The maximum atomic E-state index is 12.7. The largest absolute Gasteiger partial charge is 0.480 e. The molecule has 0 fully saturated rings. The van der Waals surface area contributed by atoms with Gasteiger partial charge >= 0.3 is 5.97 Å². The number of halogens is 1. The minimum Gasteiger partial charge on any atom is -0.480 e. The Bertz CT molecular complexity index is 573. The molecule has 1 heterocycles. The van der Waals surface area contributed by atoms with Gasteiger partial charge in [-0.3, -0.25) is 0 Å². The van der Waals surface area contributed by atoms with Crippen molar-refractivity contribution in [3.63, 3.8) is 0 Å². The average molecular weight is 298 g/mol. The maximum absolute atomic E-state index is 12.7. The number of nitrogens with zero attached hydrogens (tertiary/aromatic N) is 2. The highest BCUT2D eigenvalue weighted by molar-refractivity contribution is 7.98. The van der Waals surface area contributed by atoms with E-state index in [-0.39, 0.29) is 18.3 Å². The predicted molar refractivity (Wildman–Crippen MR) is 67.6 cm³/mol. The smallest absolute Gasteiger partial charge is 0.329 e. The first-order valence-electron chi connectivity index (χ1n) is 5.63. The quantitative estimate of drug-likeness (QED) is 0.783. The highest BCUT2D eigenvalue weighted by atomic mass is 32.2. The second kappa shape index (κ2) is 7.01. The van der Waals surface area contributed by atoms with Crippen molar-refractivity contribution < 1.29 is 23.6 Å². The van der Waals surface area contributed by atoms with Crippen molar-refractivity contribution in [3.05, 3.63) is 41.8 Å². The molecule has 0 bridgehead atoms. The number of aromatic nitrogens is 2. The Labute approximate surface area is 117 Å². The fourth-order valence-corrected chi connectivity index (χ4v) is 2.05. The number of carbonyl (C=O) groups is 1. The Morgan fingerprint density at radius 1 is 1.40 bits per heavy atom. The molecular weight excluding hydrogens is 287 g/mol. The zero-order valence-electron chi connectivity index (χ0n) is 10.3. The van der Waals surface area contributed by atoms with Gasteiger partial charge in [0.15, 0.2) is 5.82 Å². The first-order valence-corrected chi connectivity index (χ1v) is 6.61. The van der Waals surface area contributed by atoms with Crippen LogP contribution in [0, 0.1) is 5.82 Å². The van der Waals surface area contributed by atoms with Crippen LogP contribution in [0.5, 0.6) is 0 Å². The highest BCUT2D eigenvalue weighted by Crippen LogP contribution is 2.21. The van der Waals surface area contributed by atoms with E-state index in [0.29, 0.717) is 11.6 Å². The Balaban J connectivity index is 1.80. The number of thioether (sulfide) groups is 1. The molecule has 1 N–H and O–H groups in total. The molecule has 0 aliphatic carbocycles. The molecule has 0 atom stereocenters. The van der Waals surface area contributed by atoms with E-state index < -0.39 is 12.6 Å². The van der Waals surface area contributed by atoms with Crippen molar-refractivity contribution >= 4 is 17.7 Å². The topological polar surface area (TPSA) is 85.5 Å². The highest BCUT2D eigenvalue weighted by Gasteiger charge is 2.08. The molecule has 8 heteroatoms. The number of carboxylic acids is 1. The van der Waals surface area contributed by atoms with Crippen molar-refractivity contribution in [1.29, 1.82) is 0 Å². The second-order valence-electron chi connectivity index (χ2n) is 3.73. The molecule has 0 amide bonds. The monoisotopic (exact) mass is 298 g/mol. The molecule has 0 unspecified atom stereocenters. The summed E-state index contributed by atoms with van der Waals surface area (Å²) in [7, 11) is 0. The molecule has 1 aromatic heterocycles. The van der Waals surface area contributed by atoms with Gasteiger partial charge in [0.1, 0.15) is 19.0 Å². The number of rotatable bonds is 7. The summed E-state index contributed by atoms with van der Waals surface area (Å²) in [5, 5.41) is 12.1. The maximum Gasteiger partial charge on any atom is 0.329 e. The Morgan fingerprint density at radius 2 is 2.15 bits per heavy atom. The zero-order chi connectivity index (χ0) is 14.4. The van der Waals surface area contributed by atoms with Crippen LogP contribution >= 0.6 is 11.8 Å². The standard InChI is InChI=1S/C12H11FN2O4S/c13-8-1-3-9(4-2-8)20-7-10-14-11(19-15-10)5-18-6-12(16)17/h1-4H,5-7H2,(H,16,17). The predicted octanol–water partition coefficient (Wildman–Crippen LogP) is 2.10. The molecule has 0 saturated heterocycles. The summed E-state index contributed by atoms with van der Waals surface area (Å²) in [6.07, 6.45) is 0. The van der Waals surface area contributed by atoms with Crippen LogP contribution in [0.1, 0.15) is 11.7 Å². The van der Waals surface area contributed by atoms with Crippen LogP contribution in [-0.2, 0) is 21.9 Å². The number of hydrogen-bond donors (Lipinski definition) is 1. The van der Waals surface area contributed by atoms with Crippen LogP contribution in [0.4, 0.5) is 4.39 Å². The van der Waals surface area contributed by atoms with Gasteiger partial charge in [-0.2, -0.15) is 4.98 Å². The molecule has 1 aromatic carbocycles. The normalized spacial score (nSPS) is 10.7. The van der Waals surface area contributed by atoms with Crippen LogP contribution in [0.3, 0.4) is 0 Å². The van der Waals surface area contributed by atoms with E-state index >= 15 is 0 Å². The molecule has 0 aliphatic heterocycles. The van der Waals surface area contributed by atoms with Crippen molar-refractivity contribution in [2.75, 3.05) is 6.61 Å². The number of ether oxygens (including phenoxy) is 1. The summed E-state index contributed by atoms with van der Waals surface area (Å²) in [5.74, 6) is -0.189. The first kappa shape index (κ1) is 14.5. The molecule has 0 spiro atoms. The van der Waals surface area contributed by atoms with Gasteiger partial charge in [-0.05, 0) is 24.3 Å². The van der Waals surface area contributed by atoms with Gasteiger partial charge < -0.3 is 14.4 Å². The van der Waals surface area contributed by atoms with Crippen LogP contribution in [0.25, 0.3) is 0 Å². The summed E-state index contributed by atoms with van der Waals surface area (Å²) in [6, 6.07) is 6.08. The molecule has 106 valence electrons. The van der Waals surface area contributed by atoms with Gasteiger partial charge in [0, 0.05) is 4.90 Å². The minimum atomic E-state index is -1.06. The zero-order valence-corrected chi connectivity index (χ0v) is 11.1. The minimum absolute atomic E-state index is 0.0412. The third kappa shape index (κ3) is 4.63. The molecular formula is C12H11FN2O4S. The van der Waals surface area contributed by atoms with Crippen LogP contribution in [0.15, 0.2) is 33.7 Å². The fraction of sp³-hybridized carbons (Fsp3) is 0.250. The summed E-state index contributed by atoms with van der Waals surface area (Å²) >= 11 is 1.44. The molecule has 0 saturated carbocycles. The summed E-state index contributed by atoms with van der Waals surface area (Å²) in [5.41, 5.74) is 0. The van der Waals surface area contributed by atoms with E-state index in [0.717, 1.165) is 4.90 Å². The molecule has 0 aliphatic rings. The number of hydrogen-bond acceptors (Lipinski definition) is 6. The number of carboxylic acid groups (broad SMARTS) is 1. The van der Waals surface area contributed by atoms with Crippen LogP contribution in [-0.4, -0.2) is 27.8 Å². The van der Waals surface area contributed by atoms with Crippen molar-refractivity contribution in [2.24, 2.45) is 0 Å². The van der Waals surface area contributed by atoms with Gasteiger partial charge in [-0.1, -0.05) is 5.16 Å². The summed E-state index contributed by atoms with van der Waals surface area (Å²) < 4.78 is 22.5. The lowest BCUT2D eigenvalue weighted by Crippen LogP contribution is -2.06. The fourth-order valence-electron chi connectivity index (χ4n) is 1.31. The second-order valence-corrected chi connectivity index (χ2v) is 4.78. The average Bonchev–Trinajstić information content (AvgIpc) is 2.86. The first-order chi connectivity index (χ1) is 9.63. The van der Waals surface area contributed by atoms with E-state index in [9.17, 15) is 9.18 Å². The molecule has 2 aromatic rings. The van der Waals surface area contributed by atoms with Gasteiger partial charge in [-0.25, -0.2) is 9.18 Å². The van der Waals surface area contributed by atoms with Gasteiger partial charge in [0.05, 0.1) is 5.75 Å². The third-order valence-electron chi connectivity index (χ3n) is 2.14. The summed E-state index contributed by atoms with van der Waals surface area (Å²) in [4.78, 5) is 15.2. The molecule has 20 heavy (non-hydrogen) atoms. The van der Waals surface area contributed by atoms with Crippen molar-refractivity contribution in [3.8, 4) is 0 Å². The number of benzene rings is 1. The molecule has 2 rings (SSSR count). The van der Waals surface area contributed by atoms with Crippen LogP contribution < -0.4 is 0 Å². The van der Waals surface area contributed by atoms with E-state index in [1.165, 1.54) is 23.9 Å². The molecule has 0 radical (unpaired) electrons. The lowest BCUT2D eigenvalue weighted by atomic mass is 10.4. The van der Waals surface area contributed by atoms with E-state index in [2.05, 4.69) is 10.1 Å². The number of aliphatic carboxylic acids is 1. The van der Waals surface area contributed by atoms with E-state index in [4.69, 9.17) is 14.4 Å². The van der Waals surface area contributed by atoms with Crippen molar-refractivity contribution in [1.82, 2.24) is 10.1 Å². The van der Waals surface area contributed by atoms with E-state index in [1.54, 1.807) is 12.1 Å². The summed E-state index contributed by atoms with van der Waals surface area (Å²) in [6.45, 7) is -0.456. The van der Waals surface area contributed by atoms with Gasteiger partial charge in [0.25, 0.3) is 5.89 Å². The van der Waals surface area contributed by atoms with E-state index in [1.807, 2.05) is 0 Å². The Hall–Kier alpha value is -1.93. The molecule has 6 nitrogen and oxygen atoms in total. The Morgan fingerprint density at radius 3 is 2.85 bits per heavy atom. The van der Waals surface area contributed by atoms with Crippen LogP contribution in [0.2, 0.25) is 0 Å². The lowest BCUT2D eigenvalue weighted by Gasteiger charge is -1.97. The Kier molecular flexibility index (Phi) is 5.08. The lowest BCUT2D eigenvalue weighted by molar-refractivity contribution is -0.142. The third-order valence-corrected chi connectivity index (χ3v) is 3.15.